The van der Waals surface area contributed by atoms with Crippen molar-refractivity contribution >= 4 is 50.3 Å². The summed E-state index contributed by atoms with van der Waals surface area (Å²) in [7, 11) is -3.29. The molecule has 3 aliphatic rings. The Kier molecular flexibility index (Phi) is 11.5. The summed E-state index contributed by atoms with van der Waals surface area (Å²) < 4.78 is 46.0. The summed E-state index contributed by atoms with van der Waals surface area (Å²) in [5.74, 6) is 0.487. The number of benzene rings is 1. The fourth-order valence-electron chi connectivity index (χ4n) is 6.91. The van der Waals surface area contributed by atoms with Crippen molar-refractivity contribution < 1.29 is 27.9 Å². The van der Waals surface area contributed by atoms with Crippen molar-refractivity contribution in [3.63, 3.8) is 0 Å². The van der Waals surface area contributed by atoms with Crippen LogP contribution in [0.1, 0.15) is 57.9 Å². The van der Waals surface area contributed by atoms with Crippen molar-refractivity contribution in [2.45, 2.75) is 133 Å². The normalized spacial score (nSPS) is 26.8. The van der Waals surface area contributed by atoms with Crippen LogP contribution in [0.15, 0.2) is 30.3 Å². The lowest BCUT2D eigenvalue weighted by Gasteiger charge is -2.39. The summed E-state index contributed by atoms with van der Waals surface area (Å²) >= 11 is 6.15. The third-order valence-corrected chi connectivity index (χ3v) is 19.0. The fraction of sp³-hybridized carbons (Fsp3) is 0.676. The van der Waals surface area contributed by atoms with Gasteiger partial charge in [-0.25, -0.2) is 4.98 Å². The number of pyridine rings is 1. The molecule has 50 heavy (non-hydrogen) atoms. The van der Waals surface area contributed by atoms with E-state index in [-0.39, 0.29) is 36.2 Å². The second-order valence-electron chi connectivity index (χ2n) is 17.1. The largest absolute Gasteiger partial charge is 0.616 e. The number of fused-ring (bicyclic) bond motifs is 2. The van der Waals surface area contributed by atoms with Crippen LogP contribution in [-0.2, 0) is 36.5 Å². The molecule has 2 saturated heterocycles. The molecule has 1 unspecified atom stereocenters. The molecule has 0 bridgehead atoms. The van der Waals surface area contributed by atoms with Gasteiger partial charge in [0.25, 0.3) is 0 Å². The van der Waals surface area contributed by atoms with Gasteiger partial charge in [0, 0.05) is 20.2 Å². The second kappa shape index (κ2) is 15.1. The number of aromatic nitrogens is 3. The topological polar surface area (TPSA) is 99.9 Å². The molecule has 13 heteroatoms. The zero-order valence-corrected chi connectivity index (χ0v) is 34.9. The average Bonchev–Trinajstić information content (AvgIpc) is 3.72. The predicted octanol–water partition coefficient (Wildman–Crippen LogP) is 8.40. The Hall–Kier alpha value is -1.49. The quantitative estimate of drug-likeness (QED) is 0.103. The van der Waals surface area contributed by atoms with E-state index in [0.717, 1.165) is 37.3 Å². The molecule has 6 rings (SSSR count). The Bertz CT molecular complexity index is 1620. The van der Waals surface area contributed by atoms with Gasteiger partial charge in [0.15, 0.2) is 20.1 Å². The molecular weight excluding hydrogens is 706 g/mol. The summed E-state index contributed by atoms with van der Waals surface area (Å²) in [4.78, 5) is 9.97. The summed E-state index contributed by atoms with van der Waals surface area (Å²) in [6, 6.07) is 11.9. The SMILES string of the molecule is C[S+]([O-])[C@H]1CC[C@@H](c2ccc(-c3nc4c(cc3Cl)nc(O[C@@H]3CO[C@H]5[C@@H]3OC[C@H]5O[Si](C)(C)C(C)(C)C)n4COCC[Si](C)(C)C)cc2)CC1. The van der Waals surface area contributed by atoms with Gasteiger partial charge in [-0.3, -0.25) is 4.57 Å². The van der Waals surface area contributed by atoms with Crippen molar-refractivity contribution in [3.8, 4) is 17.3 Å². The van der Waals surface area contributed by atoms with Gasteiger partial charge in [0.05, 0.1) is 36.3 Å². The van der Waals surface area contributed by atoms with Gasteiger partial charge in [-0.1, -0.05) is 87.5 Å². The predicted molar refractivity (Wildman–Crippen MR) is 207 cm³/mol. The van der Waals surface area contributed by atoms with Gasteiger partial charge in [-0.05, 0) is 67.4 Å². The summed E-state index contributed by atoms with van der Waals surface area (Å²) in [5, 5.41) is 0.943. The van der Waals surface area contributed by atoms with E-state index in [1.165, 1.54) is 5.56 Å². The highest BCUT2D eigenvalue weighted by Gasteiger charge is 2.52. The van der Waals surface area contributed by atoms with Crippen LogP contribution in [0.25, 0.3) is 22.4 Å². The molecule has 4 heterocycles. The third-order valence-electron chi connectivity index (χ3n) is 11.1. The average molecular weight is 763 g/mol. The molecule has 2 aromatic heterocycles. The molecule has 1 saturated carbocycles. The van der Waals surface area contributed by atoms with E-state index in [1.807, 2.05) is 16.9 Å². The standard InChI is InChI=1S/C37H56ClN3O6SSi2/c1-37(2,3)50(8,9)47-31-22-45-33-30(21-44-34(31)33)46-36-39-29-20-28(38)32(40-35(29)41(36)23-43-18-19-49(5,6)7)26-12-10-24(11-13-26)25-14-16-27(17-15-25)48(4)42/h10-13,20,25,27,30-31,33-34H,14-19,21-23H2,1-9H3/t25-,27+,30-,31-,33-,34-,48?/m1/s1. The molecule has 1 aromatic carbocycles. The minimum Gasteiger partial charge on any atom is -0.616 e. The van der Waals surface area contributed by atoms with Crippen molar-refractivity contribution in [2.24, 2.45) is 0 Å². The molecular formula is C37H56ClN3O6SSi2. The van der Waals surface area contributed by atoms with Crippen LogP contribution in [0.3, 0.4) is 0 Å². The number of nitrogens with zero attached hydrogens (tertiary/aromatic N) is 3. The smallest absolute Gasteiger partial charge is 0.301 e. The van der Waals surface area contributed by atoms with Gasteiger partial charge in [-0.15, -0.1) is 0 Å². The summed E-state index contributed by atoms with van der Waals surface area (Å²) in [6.45, 7) is 20.1. The van der Waals surface area contributed by atoms with E-state index in [1.54, 1.807) is 0 Å². The minimum atomic E-state index is -2.01. The van der Waals surface area contributed by atoms with Crippen LogP contribution in [0.2, 0.25) is 48.8 Å². The van der Waals surface area contributed by atoms with Crippen LogP contribution >= 0.6 is 11.6 Å². The second-order valence-corrected chi connectivity index (χ2v) is 29.5. The van der Waals surface area contributed by atoms with Gasteiger partial charge in [-0.2, -0.15) is 4.98 Å². The number of hydrogen-bond acceptors (Lipinski definition) is 8. The first-order chi connectivity index (χ1) is 23.5. The van der Waals surface area contributed by atoms with Crippen LogP contribution < -0.4 is 4.74 Å². The minimum absolute atomic E-state index is 0.0898. The first-order valence-electron chi connectivity index (χ1n) is 18.2. The Morgan fingerprint density at radius 1 is 0.960 bits per heavy atom. The van der Waals surface area contributed by atoms with E-state index < -0.39 is 27.6 Å². The Morgan fingerprint density at radius 2 is 1.60 bits per heavy atom. The molecule has 0 radical (unpaired) electrons. The van der Waals surface area contributed by atoms with Crippen molar-refractivity contribution in [3.05, 3.63) is 40.9 Å². The maximum atomic E-state index is 12.0. The highest BCUT2D eigenvalue weighted by Crippen LogP contribution is 2.41. The third kappa shape index (κ3) is 8.49. The Morgan fingerprint density at radius 3 is 2.22 bits per heavy atom. The van der Waals surface area contributed by atoms with E-state index in [9.17, 15) is 4.55 Å². The number of hydrogen-bond donors (Lipinski definition) is 0. The van der Waals surface area contributed by atoms with E-state index in [0.29, 0.717) is 58.9 Å². The number of imidazole rings is 1. The zero-order chi connectivity index (χ0) is 36.0. The Labute approximate surface area is 308 Å². The first-order valence-corrected chi connectivity index (χ1v) is 26.8. The van der Waals surface area contributed by atoms with Crippen LogP contribution in [0.5, 0.6) is 6.01 Å². The van der Waals surface area contributed by atoms with Crippen molar-refractivity contribution in [1.82, 2.24) is 14.5 Å². The van der Waals surface area contributed by atoms with Crippen LogP contribution in [0, 0.1) is 0 Å². The number of rotatable bonds is 12. The zero-order valence-electron chi connectivity index (χ0n) is 31.3. The van der Waals surface area contributed by atoms with E-state index in [2.05, 4.69) is 77.8 Å². The molecule has 0 N–H and O–H groups in total. The highest BCUT2D eigenvalue weighted by molar-refractivity contribution is 7.91. The molecule has 3 fully saturated rings. The van der Waals surface area contributed by atoms with Crippen LogP contribution in [0.4, 0.5) is 0 Å². The molecule has 276 valence electrons. The molecule has 2 aliphatic heterocycles. The van der Waals surface area contributed by atoms with Crippen molar-refractivity contribution in [2.75, 3.05) is 26.1 Å². The number of halogens is 1. The lowest BCUT2D eigenvalue weighted by Crippen LogP contribution is -2.47. The maximum absolute atomic E-state index is 12.0. The molecule has 3 aromatic rings. The maximum Gasteiger partial charge on any atom is 0.301 e. The van der Waals surface area contributed by atoms with Gasteiger partial charge < -0.3 is 27.9 Å². The van der Waals surface area contributed by atoms with Gasteiger partial charge >= 0.3 is 6.01 Å². The van der Waals surface area contributed by atoms with E-state index in [4.69, 9.17) is 44.9 Å². The lowest BCUT2D eigenvalue weighted by atomic mass is 9.83. The lowest BCUT2D eigenvalue weighted by molar-refractivity contribution is 0.00687. The van der Waals surface area contributed by atoms with E-state index >= 15 is 0 Å². The first kappa shape index (κ1) is 38.2. The monoisotopic (exact) mass is 761 g/mol. The molecule has 5 atom stereocenters. The highest BCUT2D eigenvalue weighted by atomic mass is 35.5. The number of ether oxygens (including phenoxy) is 4. The molecule has 9 nitrogen and oxygen atoms in total. The molecule has 0 amide bonds. The Balaban J connectivity index is 1.23. The molecule has 0 spiro atoms. The van der Waals surface area contributed by atoms with Gasteiger partial charge in [0.1, 0.15) is 29.7 Å². The van der Waals surface area contributed by atoms with Crippen molar-refractivity contribution in [1.29, 1.82) is 0 Å². The van der Waals surface area contributed by atoms with Crippen LogP contribution in [-0.4, -0.2) is 91.2 Å². The summed E-state index contributed by atoms with van der Waals surface area (Å²) in [5.41, 5.74) is 4.25. The fourth-order valence-corrected chi connectivity index (χ4v) is 10.2. The molecule has 1 aliphatic carbocycles. The van der Waals surface area contributed by atoms with Gasteiger partial charge in [0.2, 0.25) is 0 Å². The summed E-state index contributed by atoms with van der Waals surface area (Å²) in [6.07, 6.45) is 5.08.